The fourth-order valence-electron chi connectivity index (χ4n) is 4.29. The molecule has 2 aromatic heterocycles. The molecule has 3 rings (SSSR count). The molecule has 0 radical (unpaired) electrons. The zero-order chi connectivity index (χ0) is 28.8. The summed E-state index contributed by atoms with van der Waals surface area (Å²) in [6, 6.07) is 14.3. The number of benzene rings is 1. The first-order chi connectivity index (χ1) is 19.3. The summed E-state index contributed by atoms with van der Waals surface area (Å²) in [5.74, 6) is 0.364. The predicted octanol–water partition coefficient (Wildman–Crippen LogP) is 7.99. The van der Waals surface area contributed by atoms with Gasteiger partial charge in [0.15, 0.2) is 0 Å². The summed E-state index contributed by atoms with van der Waals surface area (Å²) < 4.78 is 16.6. The Kier molecular flexibility index (Phi) is 12.2. The molecule has 214 valence electrons. The predicted molar refractivity (Wildman–Crippen MR) is 157 cm³/mol. The van der Waals surface area contributed by atoms with Gasteiger partial charge in [0.05, 0.1) is 35.8 Å². The summed E-state index contributed by atoms with van der Waals surface area (Å²) in [5.41, 5.74) is 1.07. The van der Waals surface area contributed by atoms with E-state index >= 15 is 0 Å². The van der Waals surface area contributed by atoms with E-state index in [9.17, 15) is 9.59 Å². The number of ether oxygens (including phenoxy) is 2. The molecule has 0 bridgehead atoms. The highest BCUT2D eigenvalue weighted by molar-refractivity contribution is 5.79. The molecule has 40 heavy (non-hydrogen) atoms. The molecular formula is C33H42N2O5. The Hall–Kier alpha value is -3.66. The summed E-state index contributed by atoms with van der Waals surface area (Å²) >= 11 is 0. The molecule has 0 unspecified atom stereocenters. The quantitative estimate of drug-likeness (QED) is 0.125. The van der Waals surface area contributed by atoms with E-state index in [1.807, 2.05) is 26.8 Å². The Bertz CT molecular complexity index is 1320. The molecular weight excluding hydrogens is 504 g/mol. The van der Waals surface area contributed by atoms with Gasteiger partial charge in [-0.2, -0.15) is 10.2 Å². The molecule has 0 aliphatic carbocycles. The van der Waals surface area contributed by atoms with Gasteiger partial charge in [0, 0.05) is 11.5 Å². The number of rotatable bonds is 17. The van der Waals surface area contributed by atoms with Crippen molar-refractivity contribution in [1.29, 1.82) is 5.26 Å². The van der Waals surface area contributed by atoms with Crippen LogP contribution < -0.4 is 10.4 Å². The number of hydrogen-bond donors (Lipinski definition) is 0. The minimum atomic E-state index is -0.473. The zero-order valence-electron chi connectivity index (χ0n) is 24.2. The van der Waals surface area contributed by atoms with Crippen LogP contribution in [0.3, 0.4) is 0 Å². The van der Waals surface area contributed by atoms with Crippen molar-refractivity contribution in [2.75, 3.05) is 13.2 Å². The highest BCUT2D eigenvalue weighted by atomic mass is 16.5. The molecule has 0 aliphatic rings. The van der Waals surface area contributed by atoms with Crippen LogP contribution >= 0.6 is 0 Å². The molecule has 1 aromatic carbocycles. The first-order valence-corrected chi connectivity index (χ1v) is 14.6. The number of aromatic nitrogens is 1. The van der Waals surface area contributed by atoms with E-state index in [1.54, 1.807) is 36.4 Å². The Morgan fingerprint density at radius 3 is 2.10 bits per heavy atom. The van der Waals surface area contributed by atoms with Crippen molar-refractivity contribution < 1.29 is 18.7 Å². The Labute approximate surface area is 237 Å². The van der Waals surface area contributed by atoms with Gasteiger partial charge in [-0.3, -0.25) is 4.79 Å². The van der Waals surface area contributed by atoms with E-state index < -0.39 is 5.63 Å². The lowest BCUT2D eigenvalue weighted by Gasteiger charge is -2.20. The number of carbonyl (C=O) groups excluding carboxylic acids is 1. The first kappa shape index (κ1) is 30.9. The van der Waals surface area contributed by atoms with Crippen molar-refractivity contribution in [3.63, 3.8) is 0 Å². The van der Waals surface area contributed by atoms with Gasteiger partial charge in [0.2, 0.25) is 11.6 Å². The number of unbranched alkanes of at least 4 members (excludes halogenated alkanes) is 9. The molecule has 7 heteroatoms. The van der Waals surface area contributed by atoms with Crippen LogP contribution in [0, 0.1) is 16.7 Å². The van der Waals surface area contributed by atoms with Gasteiger partial charge in [-0.25, -0.2) is 4.79 Å². The number of pyridine rings is 1. The third kappa shape index (κ3) is 9.51. The van der Waals surface area contributed by atoms with Crippen LogP contribution in [0.1, 0.15) is 97.0 Å². The van der Waals surface area contributed by atoms with Gasteiger partial charge in [-0.15, -0.1) is 0 Å². The van der Waals surface area contributed by atoms with Crippen LogP contribution in [0.15, 0.2) is 51.7 Å². The fraction of sp³-hybridized carbons (Fsp3) is 0.515. The molecule has 2 heterocycles. The van der Waals surface area contributed by atoms with Gasteiger partial charge in [0.25, 0.3) is 0 Å². The lowest BCUT2D eigenvalue weighted by molar-refractivity contribution is -0.154. The van der Waals surface area contributed by atoms with Gasteiger partial charge in [-0.05, 0) is 62.9 Å². The Balaban J connectivity index is 1.25. The molecule has 7 nitrogen and oxygen atoms in total. The highest BCUT2D eigenvalue weighted by Crippen LogP contribution is 2.23. The molecule has 0 amide bonds. The van der Waals surface area contributed by atoms with Crippen molar-refractivity contribution >= 4 is 17.1 Å². The zero-order valence-corrected chi connectivity index (χ0v) is 24.2. The molecule has 0 N–H and O–H groups in total. The van der Waals surface area contributed by atoms with Gasteiger partial charge in [0.1, 0.15) is 0 Å². The number of hydrogen-bond acceptors (Lipinski definition) is 7. The van der Waals surface area contributed by atoms with Crippen molar-refractivity contribution in [1.82, 2.24) is 4.98 Å². The van der Waals surface area contributed by atoms with E-state index in [2.05, 4.69) is 11.1 Å². The topological polar surface area (TPSA) is 102 Å². The maximum atomic E-state index is 12.5. The van der Waals surface area contributed by atoms with Crippen LogP contribution in [-0.4, -0.2) is 24.2 Å². The smallest absolute Gasteiger partial charge is 0.345 e. The SMILES string of the molecule is CCC(C)(C)C(=O)OCCCCCCCCCCCCOc1ccc2cc(-c3ccc(C#N)cc3)c(=O)oc2n1. The largest absolute Gasteiger partial charge is 0.478 e. The summed E-state index contributed by atoms with van der Waals surface area (Å²) in [7, 11) is 0. The molecule has 0 fully saturated rings. The molecule has 0 atom stereocenters. The number of esters is 1. The van der Waals surface area contributed by atoms with Gasteiger partial charge in [-0.1, -0.05) is 70.4 Å². The van der Waals surface area contributed by atoms with Crippen molar-refractivity contribution in [3.8, 4) is 23.1 Å². The minimum absolute atomic E-state index is 0.0854. The summed E-state index contributed by atoms with van der Waals surface area (Å²) in [5, 5.41) is 9.68. The Morgan fingerprint density at radius 2 is 1.50 bits per heavy atom. The van der Waals surface area contributed by atoms with Gasteiger partial charge >= 0.3 is 11.6 Å². The minimum Gasteiger partial charge on any atom is -0.478 e. The van der Waals surface area contributed by atoms with Crippen LogP contribution in [0.2, 0.25) is 0 Å². The molecule has 0 saturated heterocycles. The standard InChI is InChI=1S/C33H42N2O5/c1-4-33(2,3)32(37)39-22-14-12-10-8-6-5-7-9-11-13-21-38-29-20-19-27-23-28(31(36)40-30(27)35-29)26-17-15-25(24-34)16-18-26/h15-20,23H,4-14,21-22H2,1-3H3. The second-order valence-corrected chi connectivity index (χ2v) is 10.9. The van der Waals surface area contributed by atoms with Crippen LogP contribution in [0.4, 0.5) is 0 Å². The van der Waals surface area contributed by atoms with Gasteiger partial charge < -0.3 is 13.9 Å². The average molecular weight is 547 g/mol. The lowest BCUT2D eigenvalue weighted by Crippen LogP contribution is -2.26. The monoisotopic (exact) mass is 546 g/mol. The number of nitrogens with zero attached hydrogens (tertiary/aromatic N) is 2. The van der Waals surface area contributed by atoms with E-state index in [0.29, 0.717) is 41.2 Å². The van der Waals surface area contributed by atoms with E-state index in [4.69, 9.17) is 19.2 Å². The third-order valence-electron chi connectivity index (χ3n) is 7.36. The Morgan fingerprint density at radius 1 is 0.900 bits per heavy atom. The summed E-state index contributed by atoms with van der Waals surface area (Å²) in [6.07, 6.45) is 12.2. The molecule has 0 spiro atoms. The third-order valence-corrected chi connectivity index (χ3v) is 7.36. The van der Waals surface area contributed by atoms with E-state index in [-0.39, 0.29) is 17.1 Å². The molecule has 3 aromatic rings. The van der Waals surface area contributed by atoms with Crippen molar-refractivity contribution in [2.45, 2.75) is 91.4 Å². The second kappa shape index (κ2) is 15.8. The van der Waals surface area contributed by atoms with E-state index in [0.717, 1.165) is 32.1 Å². The number of nitriles is 1. The van der Waals surface area contributed by atoms with E-state index in [1.165, 1.54) is 38.5 Å². The number of carbonyl (C=O) groups is 1. The first-order valence-electron chi connectivity index (χ1n) is 14.6. The second-order valence-electron chi connectivity index (χ2n) is 10.9. The summed E-state index contributed by atoms with van der Waals surface area (Å²) in [4.78, 5) is 28.8. The molecule has 0 aliphatic heterocycles. The van der Waals surface area contributed by atoms with Crippen molar-refractivity contribution in [3.05, 3.63) is 58.4 Å². The summed E-state index contributed by atoms with van der Waals surface area (Å²) in [6.45, 7) is 6.99. The van der Waals surface area contributed by atoms with Crippen molar-refractivity contribution in [2.24, 2.45) is 5.41 Å². The maximum Gasteiger partial charge on any atom is 0.345 e. The van der Waals surface area contributed by atoms with Crippen LogP contribution in [-0.2, 0) is 9.53 Å². The van der Waals surface area contributed by atoms with Crippen LogP contribution in [0.25, 0.3) is 22.2 Å². The fourth-order valence-corrected chi connectivity index (χ4v) is 4.29. The average Bonchev–Trinajstić information content (AvgIpc) is 2.96. The molecule has 0 saturated carbocycles. The lowest BCUT2D eigenvalue weighted by atomic mass is 9.91. The number of fused-ring (bicyclic) bond motifs is 1. The highest BCUT2D eigenvalue weighted by Gasteiger charge is 2.26. The normalized spacial score (nSPS) is 11.3. The van der Waals surface area contributed by atoms with Crippen LogP contribution in [0.5, 0.6) is 5.88 Å². The maximum absolute atomic E-state index is 12.5.